The average molecular weight is 244 g/mol. The lowest BCUT2D eigenvalue weighted by molar-refractivity contribution is 0.462. The summed E-state index contributed by atoms with van der Waals surface area (Å²) in [5.74, 6) is 0.556. The van der Waals surface area contributed by atoms with Crippen molar-refractivity contribution in [2.75, 3.05) is 0 Å². The Bertz CT molecular complexity index is 503. The molecule has 2 nitrogen and oxygen atoms in total. The number of allylic oxidation sites excluding steroid dienone is 1. The van der Waals surface area contributed by atoms with Gasteiger partial charge in [-0.15, -0.1) is 0 Å². The van der Waals surface area contributed by atoms with Crippen molar-refractivity contribution in [3.8, 4) is 0 Å². The zero-order chi connectivity index (χ0) is 11.8. The zero-order valence-electron chi connectivity index (χ0n) is 10.2. The van der Waals surface area contributed by atoms with Crippen LogP contribution in [0.4, 0.5) is 0 Å². The molecular formula is C14H16N2S. The number of thioether (sulfide) groups is 1. The van der Waals surface area contributed by atoms with Gasteiger partial charge in [-0.25, -0.2) is 0 Å². The Morgan fingerprint density at radius 2 is 2.00 bits per heavy atom. The van der Waals surface area contributed by atoms with Crippen LogP contribution in [0.2, 0.25) is 0 Å². The fourth-order valence-corrected chi connectivity index (χ4v) is 3.33. The normalized spacial score (nSPS) is 18.4. The summed E-state index contributed by atoms with van der Waals surface area (Å²) in [7, 11) is 0. The molecule has 0 spiro atoms. The Balaban J connectivity index is 1.98. The van der Waals surface area contributed by atoms with Gasteiger partial charge >= 0.3 is 0 Å². The average Bonchev–Trinajstić information content (AvgIpc) is 2.63. The van der Waals surface area contributed by atoms with Crippen molar-refractivity contribution in [1.82, 2.24) is 4.90 Å². The summed E-state index contributed by atoms with van der Waals surface area (Å²) in [6.07, 6.45) is 0. The molecule has 0 bridgehead atoms. The largest absolute Gasteiger partial charge is 0.320 e. The van der Waals surface area contributed by atoms with Crippen LogP contribution < -0.4 is 0 Å². The molecular weight excluding hydrogens is 228 g/mol. The topological polar surface area (TPSA) is 15.6 Å². The molecule has 0 N–H and O–H groups in total. The number of hydrogen-bond acceptors (Lipinski definition) is 3. The molecule has 0 unspecified atom stereocenters. The van der Waals surface area contributed by atoms with Crippen LogP contribution in [-0.2, 0) is 13.1 Å². The van der Waals surface area contributed by atoms with E-state index >= 15 is 0 Å². The van der Waals surface area contributed by atoms with E-state index < -0.39 is 0 Å². The highest BCUT2D eigenvalue weighted by molar-refractivity contribution is 8.16. The summed E-state index contributed by atoms with van der Waals surface area (Å²) in [6, 6.07) is 8.62. The SMILES string of the molecule is CC(C)C1=CSC2=NCc3ccccc3CN12. The predicted molar refractivity (Wildman–Crippen MR) is 73.6 cm³/mol. The van der Waals surface area contributed by atoms with Crippen molar-refractivity contribution >= 4 is 16.9 Å². The maximum Gasteiger partial charge on any atom is 0.168 e. The number of nitrogens with zero attached hydrogens (tertiary/aromatic N) is 2. The van der Waals surface area contributed by atoms with Gasteiger partial charge < -0.3 is 4.90 Å². The molecule has 0 fully saturated rings. The van der Waals surface area contributed by atoms with Crippen molar-refractivity contribution in [2.24, 2.45) is 10.9 Å². The summed E-state index contributed by atoms with van der Waals surface area (Å²) < 4.78 is 0. The Labute approximate surface area is 106 Å². The quantitative estimate of drug-likeness (QED) is 0.750. The molecule has 3 heteroatoms. The predicted octanol–water partition coefficient (Wildman–Crippen LogP) is 3.60. The van der Waals surface area contributed by atoms with Crippen LogP contribution in [0.25, 0.3) is 0 Å². The third-order valence-electron chi connectivity index (χ3n) is 3.25. The van der Waals surface area contributed by atoms with E-state index in [1.165, 1.54) is 16.8 Å². The molecule has 0 saturated heterocycles. The van der Waals surface area contributed by atoms with Gasteiger partial charge in [0.15, 0.2) is 5.17 Å². The third-order valence-corrected chi connectivity index (χ3v) is 4.17. The molecule has 0 atom stereocenters. The molecule has 0 aliphatic carbocycles. The van der Waals surface area contributed by atoms with Crippen LogP contribution in [0.3, 0.4) is 0 Å². The molecule has 1 aromatic carbocycles. The highest BCUT2D eigenvalue weighted by atomic mass is 32.2. The first-order valence-electron chi connectivity index (χ1n) is 6.01. The van der Waals surface area contributed by atoms with E-state index in [4.69, 9.17) is 4.99 Å². The minimum absolute atomic E-state index is 0.556. The van der Waals surface area contributed by atoms with Gasteiger partial charge in [0.2, 0.25) is 0 Å². The van der Waals surface area contributed by atoms with E-state index in [1.54, 1.807) is 11.8 Å². The van der Waals surface area contributed by atoms with E-state index in [2.05, 4.69) is 48.4 Å². The number of fused-ring (bicyclic) bond motifs is 2. The number of rotatable bonds is 1. The molecule has 1 aromatic rings. The monoisotopic (exact) mass is 244 g/mol. The lowest BCUT2D eigenvalue weighted by Crippen LogP contribution is -2.25. The lowest BCUT2D eigenvalue weighted by Gasteiger charge is -2.23. The summed E-state index contributed by atoms with van der Waals surface area (Å²) in [4.78, 5) is 7.07. The Morgan fingerprint density at radius 1 is 1.24 bits per heavy atom. The first-order valence-corrected chi connectivity index (χ1v) is 6.89. The molecule has 0 saturated carbocycles. The summed E-state index contributed by atoms with van der Waals surface area (Å²) in [6.45, 7) is 6.26. The second-order valence-corrected chi connectivity index (χ2v) is 5.61. The van der Waals surface area contributed by atoms with Crippen LogP contribution >= 0.6 is 11.8 Å². The van der Waals surface area contributed by atoms with Crippen molar-refractivity contribution in [1.29, 1.82) is 0 Å². The van der Waals surface area contributed by atoms with E-state index in [0.29, 0.717) is 5.92 Å². The Kier molecular flexibility index (Phi) is 2.71. The van der Waals surface area contributed by atoms with E-state index in [0.717, 1.165) is 18.3 Å². The first kappa shape index (κ1) is 10.9. The molecule has 17 heavy (non-hydrogen) atoms. The van der Waals surface area contributed by atoms with Crippen LogP contribution in [0, 0.1) is 5.92 Å². The first-order chi connectivity index (χ1) is 8.25. The summed E-state index contributed by atoms with van der Waals surface area (Å²) >= 11 is 1.76. The minimum atomic E-state index is 0.556. The smallest absolute Gasteiger partial charge is 0.168 e. The molecule has 88 valence electrons. The zero-order valence-corrected chi connectivity index (χ0v) is 11.0. The fourth-order valence-electron chi connectivity index (χ4n) is 2.27. The molecule has 0 aromatic heterocycles. The van der Waals surface area contributed by atoms with Crippen LogP contribution in [0.15, 0.2) is 40.4 Å². The van der Waals surface area contributed by atoms with Crippen LogP contribution in [0.5, 0.6) is 0 Å². The summed E-state index contributed by atoms with van der Waals surface area (Å²) in [5.41, 5.74) is 4.16. The van der Waals surface area contributed by atoms with Gasteiger partial charge in [-0.1, -0.05) is 49.9 Å². The number of aliphatic imine (C=N–C) groups is 1. The van der Waals surface area contributed by atoms with Crippen molar-refractivity contribution in [3.63, 3.8) is 0 Å². The highest BCUT2D eigenvalue weighted by Crippen LogP contribution is 2.34. The van der Waals surface area contributed by atoms with Gasteiger partial charge in [0.05, 0.1) is 13.1 Å². The van der Waals surface area contributed by atoms with Gasteiger partial charge in [-0.3, -0.25) is 4.99 Å². The second kappa shape index (κ2) is 4.22. The van der Waals surface area contributed by atoms with E-state index in [-0.39, 0.29) is 0 Å². The van der Waals surface area contributed by atoms with Gasteiger partial charge in [0, 0.05) is 5.70 Å². The van der Waals surface area contributed by atoms with Crippen LogP contribution in [0.1, 0.15) is 25.0 Å². The fraction of sp³-hybridized carbons (Fsp3) is 0.357. The van der Waals surface area contributed by atoms with Gasteiger partial charge in [0.1, 0.15) is 0 Å². The van der Waals surface area contributed by atoms with Crippen LogP contribution in [-0.4, -0.2) is 10.1 Å². The molecule has 0 amide bonds. The van der Waals surface area contributed by atoms with E-state index in [1.807, 2.05) is 0 Å². The standard InChI is InChI=1S/C14H16N2S/c1-10(2)13-9-17-14-15-7-11-5-3-4-6-12(11)8-16(13)14/h3-6,9-10H,7-8H2,1-2H3. The van der Waals surface area contributed by atoms with Gasteiger partial charge in [-0.05, 0) is 22.5 Å². The van der Waals surface area contributed by atoms with Crippen molar-refractivity contribution in [2.45, 2.75) is 26.9 Å². The maximum absolute atomic E-state index is 4.71. The molecule has 3 rings (SSSR count). The molecule has 2 aliphatic heterocycles. The Morgan fingerprint density at radius 3 is 2.76 bits per heavy atom. The third kappa shape index (κ3) is 1.89. The molecule has 0 radical (unpaired) electrons. The minimum Gasteiger partial charge on any atom is -0.320 e. The lowest BCUT2D eigenvalue weighted by atomic mass is 10.1. The number of hydrogen-bond donors (Lipinski definition) is 0. The van der Waals surface area contributed by atoms with Gasteiger partial charge in [0.25, 0.3) is 0 Å². The molecule has 2 heterocycles. The van der Waals surface area contributed by atoms with Crippen molar-refractivity contribution < 1.29 is 0 Å². The molecule has 2 aliphatic rings. The van der Waals surface area contributed by atoms with Crippen molar-refractivity contribution in [3.05, 3.63) is 46.5 Å². The van der Waals surface area contributed by atoms with Gasteiger partial charge in [-0.2, -0.15) is 0 Å². The highest BCUT2D eigenvalue weighted by Gasteiger charge is 2.27. The maximum atomic E-state index is 4.71. The summed E-state index contributed by atoms with van der Waals surface area (Å²) in [5, 5.41) is 3.40. The number of benzene rings is 1. The van der Waals surface area contributed by atoms with E-state index in [9.17, 15) is 0 Å². The Hall–Kier alpha value is -1.22. The second-order valence-electron chi connectivity index (χ2n) is 4.77. The number of amidine groups is 1.